The number of carbonyl (C=O) groups is 2. The van der Waals surface area contributed by atoms with Gasteiger partial charge in [-0.1, -0.05) is 12.1 Å². The summed E-state index contributed by atoms with van der Waals surface area (Å²) in [6.07, 6.45) is 6.67. The highest BCUT2D eigenvalue weighted by Crippen LogP contribution is 2.85. The first-order valence-electron chi connectivity index (χ1n) is 11.8. The highest BCUT2D eigenvalue weighted by atomic mass is 19.1. The zero-order chi connectivity index (χ0) is 23.3. The Hall–Kier alpha value is -3.41. The minimum atomic E-state index is -0.674. The molecule has 0 saturated heterocycles. The van der Waals surface area contributed by atoms with Gasteiger partial charge in [0.2, 0.25) is 0 Å². The first-order chi connectivity index (χ1) is 16.3. The van der Waals surface area contributed by atoms with Crippen LogP contribution in [0.25, 0.3) is 21.9 Å². The van der Waals surface area contributed by atoms with E-state index in [9.17, 15) is 19.1 Å². The number of ketones is 1. The summed E-state index contributed by atoms with van der Waals surface area (Å²) in [7, 11) is 0. The molecule has 4 saturated carbocycles. The molecular weight excluding hydrogens is 433 g/mol. The van der Waals surface area contributed by atoms with Crippen LogP contribution in [0.15, 0.2) is 59.1 Å². The molecule has 6 heteroatoms. The Morgan fingerprint density at radius 2 is 1.82 bits per heavy atom. The number of para-hydroxylation sites is 1. The van der Waals surface area contributed by atoms with E-state index in [2.05, 4.69) is 0 Å². The molecule has 2 bridgehead atoms. The van der Waals surface area contributed by atoms with Gasteiger partial charge in [-0.15, -0.1) is 0 Å². The molecule has 0 unspecified atom stereocenters. The Labute approximate surface area is 195 Å². The van der Waals surface area contributed by atoms with Gasteiger partial charge in [-0.3, -0.25) is 9.59 Å². The van der Waals surface area contributed by atoms with Crippen LogP contribution in [-0.2, 0) is 11.3 Å². The number of carbonyl (C=O) groups excluding carboxylic acids is 1. The van der Waals surface area contributed by atoms with E-state index in [4.69, 9.17) is 4.42 Å². The largest absolute Gasteiger partial charge is 0.481 e. The van der Waals surface area contributed by atoms with E-state index in [1.165, 1.54) is 12.1 Å². The number of halogens is 1. The Kier molecular flexibility index (Phi) is 3.75. The first-order valence-corrected chi connectivity index (χ1v) is 11.8. The minimum absolute atomic E-state index is 0.0241. The van der Waals surface area contributed by atoms with Gasteiger partial charge in [0.15, 0.2) is 5.78 Å². The molecule has 172 valence electrons. The second kappa shape index (κ2) is 6.38. The van der Waals surface area contributed by atoms with Gasteiger partial charge in [0.05, 0.1) is 17.5 Å². The van der Waals surface area contributed by atoms with Crippen LogP contribution in [0, 0.1) is 22.1 Å². The smallest absolute Gasteiger partial charge is 0.309 e. The number of aliphatic carboxylic acids is 1. The number of rotatable bonds is 7. The Balaban J connectivity index is 1.18. The molecule has 4 aromatic rings. The van der Waals surface area contributed by atoms with E-state index in [0.717, 1.165) is 48.4 Å². The molecule has 2 aromatic heterocycles. The average molecular weight is 458 g/mol. The normalized spacial score (nSPS) is 26.3. The minimum Gasteiger partial charge on any atom is -0.481 e. The Morgan fingerprint density at radius 1 is 1.03 bits per heavy atom. The molecule has 4 fully saturated rings. The van der Waals surface area contributed by atoms with Gasteiger partial charge in [0, 0.05) is 29.0 Å². The number of furan rings is 1. The third-order valence-electron chi connectivity index (χ3n) is 8.91. The van der Waals surface area contributed by atoms with Gasteiger partial charge in [0.25, 0.3) is 0 Å². The van der Waals surface area contributed by atoms with Crippen molar-refractivity contribution >= 4 is 33.6 Å². The summed E-state index contributed by atoms with van der Waals surface area (Å²) in [6, 6.07) is 14.1. The van der Waals surface area contributed by atoms with Crippen molar-refractivity contribution in [1.82, 2.24) is 4.57 Å². The van der Waals surface area contributed by atoms with Crippen molar-refractivity contribution in [3.05, 3.63) is 71.9 Å². The number of hydrogen-bond acceptors (Lipinski definition) is 3. The zero-order valence-corrected chi connectivity index (χ0v) is 18.6. The quantitative estimate of drug-likeness (QED) is 0.336. The molecule has 0 atom stereocenters. The van der Waals surface area contributed by atoms with Crippen LogP contribution >= 0.6 is 0 Å². The van der Waals surface area contributed by atoms with Crippen LogP contribution in [0.2, 0.25) is 0 Å². The molecule has 4 aliphatic carbocycles. The number of carboxylic acid groups (broad SMARTS) is 1. The monoisotopic (exact) mass is 457 g/mol. The average Bonchev–Trinajstić information content (AvgIpc) is 3.21. The second-order valence-corrected chi connectivity index (χ2v) is 10.9. The first kappa shape index (κ1) is 20.0. The van der Waals surface area contributed by atoms with Gasteiger partial charge in [0.1, 0.15) is 17.2 Å². The van der Waals surface area contributed by atoms with E-state index in [0.29, 0.717) is 29.9 Å². The van der Waals surface area contributed by atoms with Gasteiger partial charge in [-0.2, -0.15) is 0 Å². The topological polar surface area (TPSA) is 72.4 Å². The van der Waals surface area contributed by atoms with Crippen molar-refractivity contribution in [2.45, 2.75) is 45.1 Å². The van der Waals surface area contributed by atoms with Gasteiger partial charge < -0.3 is 14.1 Å². The van der Waals surface area contributed by atoms with Gasteiger partial charge >= 0.3 is 5.97 Å². The summed E-state index contributed by atoms with van der Waals surface area (Å²) in [5.74, 6) is -0.144. The summed E-state index contributed by atoms with van der Waals surface area (Å²) < 4.78 is 21.5. The lowest BCUT2D eigenvalue weighted by molar-refractivity contribution is -0.248. The highest BCUT2D eigenvalue weighted by molar-refractivity contribution is 6.07. The number of aromatic nitrogens is 1. The maximum absolute atomic E-state index is 13.6. The SMILES string of the molecule is O=C(CC1(C23CC(C(=O)O)(C2)C3)CC1)c1cccc2ccn(Cc3cc4cc(F)ccc4o3)c12. The van der Waals surface area contributed by atoms with Crippen molar-refractivity contribution in [2.24, 2.45) is 16.2 Å². The number of Topliss-reactive ketones (excluding diaryl/α,β-unsaturated/α-hetero) is 1. The lowest BCUT2D eigenvalue weighted by Crippen LogP contribution is -2.69. The molecular formula is C28H24FNO4. The summed E-state index contributed by atoms with van der Waals surface area (Å²) in [6.45, 7) is 0.445. The third-order valence-corrected chi connectivity index (χ3v) is 8.91. The second-order valence-electron chi connectivity index (χ2n) is 10.9. The molecule has 0 radical (unpaired) electrons. The molecule has 2 heterocycles. The van der Waals surface area contributed by atoms with Crippen LogP contribution < -0.4 is 0 Å². The Morgan fingerprint density at radius 3 is 2.56 bits per heavy atom. The standard InChI is InChI=1S/C28H24FNO4/c29-19-4-5-23-18(10-19)11-20(34-23)13-30-9-6-17-2-1-3-21(24(17)30)22(31)12-27(7-8-27)28-14-26(15-28,16-28)25(32)33/h1-6,9-11H,7-8,12-16H2,(H,32,33). The van der Waals surface area contributed by atoms with E-state index >= 15 is 0 Å². The van der Waals surface area contributed by atoms with Crippen LogP contribution in [0.1, 0.15) is 54.6 Å². The van der Waals surface area contributed by atoms with E-state index < -0.39 is 11.4 Å². The third kappa shape index (κ3) is 2.59. The maximum atomic E-state index is 13.6. The molecule has 5 nitrogen and oxygen atoms in total. The zero-order valence-electron chi connectivity index (χ0n) is 18.6. The van der Waals surface area contributed by atoms with Crippen molar-refractivity contribution in [3.8, 4) is 0 Å². The molecule has 0 amide bonds. The molecule has 0 aliphatic heterocycles. The molecule has 34 heavy (non-hydrogen) atoms. The molecule has 2 aromatic carbocycles. The predicted molar refractivity (Wildman–Crippen MR) is 124 cm³/mol. The number of carboxylic acids is 1. The van der Waals surface area contributed by atoms with E-state index in [-0.39, 0.29) is 22.4 Å². The van der Waals surface area contributed by atoms with E-state index in [1.807, 2.05) is 41.1 Å². The number of nitrogens with zero attached hydrogens (tertiary/aromatic N) is 1. The molecule has 0 spiro atoms. The maximum Gasteiger partial charge on any atom is 0.309 e. The Bertz CT molecular complexity index is 1500. The number of benzene rings is 2. The summed E-state index contributed by atoms with van der Waals surface area (Å²) in [4.78, 5) is 25.2. The number of fused-ring (bicyclic) bond motifs is 2. The van der Waals surface area contributed by atoms with Crippen molar-refractivity contribution < 1.29 is 23.5 Å². The lowest BCUT2D eigenvalue weighted by Gasteiger charge is -2.72. The van der Waals surface area contributed by atoms with Crippen LogP contribution in [0.5, 0.6) is 0 Å². The lowest BCUT2D eigenvalue weighted by atomic mass is 9.30. The molecule has 1 N–H and O–H groups in total. The summed E-state index contributed by atoms with van der Waals surface area (Å²) >= 11 is 0. The fraction of sp³-hybridized carbons (Fsp3) is 0.357. The van der Waals surface area contributed by atoms with Crippen LogP contribution in [0.3, 0.4) is 0 Å². The summed E-state index contributed by atoms with van der Waals surface area (Å²) in [5, 5.41) is 11.2. The van der Waals surface area contributed by atoms with Crippen LogP contribution in [0.4, 0.5) is 4.39 Å². The fourth-order valence-corrected chi connectivity index (χ4v) is 6.96. The van der Waals surface area contributed by atoms with Crippen molar-refractivity contribution in [3.63, 3.8) is 0 Å². The van der Waals surface area contributed by atoms with Crippen LogP contribution in [-0.4, -0.2) is 21.4 Å². The number of hydrogen-bond donors (Lipinski definition) is 1. The fourth-order valence-electron chi connectivity index (χ4n) is 6.96. The highest BCUT2D eigenvalue weighted by Gasteiger charge is 2.80. The van der Waals surface area contributed by atoms with Gasteiger partial charge in [-0.25, -0.2) is 4.39 Å². The van der Waals surface area contributed by atoms with Gasteiger partial charge in [-0.05, 0) is 79.3 Å². The molecule has 8 rings (SSSR count). The molecule has 4 aliphatic rings. The van der Waals surface area contributed by atoms with E-state index in [1.54, 1.807) is 6.07 Å². The predicted octanol–water partition coefficient (Wildman–Crippen LogP) is 6.18. The van der Waals surface area contributed by atoms with Crippen molar-refractivity contribution in [2.75, 3.05) is 0 Å². The summed E-state index contributed by atoms with van der Waals surface area (Å²) in [5.41, 5.74) is 1.75. The van der Waals surface area contributed by atoms with Crippen molar-refractivity contribution in [1.29, 1.82) is 0 Å².